The fourth-order valence-electron chi connectivity index (χ4n) is 2.19. The predicted molar refractivity (Wildman–Crippen MR) is 103 cm³/mol. The smallest absolute Gasteiger partial charge is 0.320 e. The van der Waals surface area contributed by atoms with Gasteiger partial charge in [0.25, 0.3) is 0 Å². The molecule has 0 unspecified atom stereocenters. The van der Waals surface area contributed by atoms with Crippen LogP contribution in [0.1, 0.15) is 57.1 Å². The zero-order chi connectivity index (χ0) is 19.4. The number of carboxylic acid groups (broad SMARTS) is 2. The van der Waals surface area contributed by atoms with Crippen molar-refractivity contribution in [1.29, 1.82) is 0 Å². The van der Waals surface area contributed by atoms with E-state index in [4.69, 9.17) is 21.7 Å². The second kappa shape index (κ2) is 14.2. The van der Waals surface area contributed by atoms with Gasteiger partial charge < -0.3 is 27.2 Å². The Morgan fingerprint density at radius 2 is 1.54 bits per heavy atom. The number of carbonyl (C=O) groups is 2. The lowest BCUT2D eigenvalue weighted by molar-refractivity contribution is -0.139. The van der Waals surface area contributed by atoms with Gasteiger partial charge in [-0.05, 0) is 49.8 Å². The zero-order valence-electron chi connectivity index (χ0n) is 15.9. The van der Waals surface area contributed by atoms with Crippen molar-refractivity contribution in [1.82, 2.24) is 0 Å². The first kappa shape index (κ1) is 26.3. The normalized spacial score (nSPS) is 12.4. The summed E-state index contributed by atoms with van der Waals surface area (Å²) < 4.78 is 0. The summed E-state index contributed by atoms with van der Waals surface area (Å²) in [5.74, 6) is -1.49. The maximum absolute atomic E-state index is 10.8. The second-order valence-electron chi connectivity index (χ2n) is 6.63. The summed E-state index contributed by atoms with van der Waals surface area (Å²) >= 11 is 0. The Balaban J connectivity index is 0. The van der Waals surface area contributed by atoms with E-state index >= 15 is 0 Å². The number of aliphatic carboxylic acids is 2. The zero-order valence-corrected chi connectivity index (χ0v) is 15.9. The summed E-state index contributed by atoms with van der Waals surface area (Å²) in [6, 6.07) is 7.16. The van der Waals surface area contributed by atoms with E-state index in [2.05, 4.69) is 13.8 Å². The third kappa shape index (κ3) is 11.6. The summed E-state index contributed by atoms with van der Waals surface area (Å²) in [6.45, 7) is 6.66. The largest absolute Gasteiger partial charge is 0.481 e. The number of unbranched alkanes of at least 4 members (excludes halogenated alkanes) is 1. The van der Waals surface area contributed by atoms with E-state index in [9.17, 15) is 9.59 Å². The summed E-state index contributed by atoms with van der Waals surface area (Å²) in [5.41, 5.74) is 12.6. The average Bonchev–Trinajstić information content (AvgIpc) is 2.55. The second-order valence-corrected chi connectivity index (χ2v) is 6.63. The van der Waals surface area contributed by atoms with Gasteiger partial charge in [-0.1, -0.05) is 44.5 Å². The standard InChI is InChI=1S/C13H18O2.C6H14N2O2.H2O/c1-9(2)8-11-4-6-12(7-5-11)10(3)13(14)15;7-4-2-1-3-5(8)6(9)10;/h4-7,9-10H,8H2,1-3H3,(H,14,15);5H,1-4,7-8H2,(H,9,10);1H2/t10-;5-;/m00./s1. The van der Waals surface area contributed by atoms with Gasteiger partial charge in [0.05, 0.1) is 5.92 Å². The molecule has 2 atom stereocenters. The molecule has 7 heteroatoms. The first-order valence-corrected chi connectivity index (χ1v) is 8.69. The van der Waals surface area contributed by atoms with E-state index < -0.39 is 23.9 Å². The summed E-state index contributed by atoms with van der Waals surface area (Å²) in [7, 11) is 0. The monoisotopic (exact) mass is 370 g/mol. The number of nitrogens with two attached hydrogens (primary N) is 2. The van der Waals surface area contributed by atoms with E-state index in [0.717, 1.165) is 24.8 Å². The minimum atomic E-state index is -0.933. The van der Waals surface area contributed by atoms with Crippen LogP contribution in [0.5, 0.6) is 0 Å². The fourth-order valence-corrected chi connectivity index (χ4v) is 2.19. The third-order valence-corrected chi connectivity index (χ3v) is 3.78. The predicted octanol–water partition coefficient (Wildman–Crippen LogP) is 1.78. The van der Waals surface area contributed by atoms with Gasteiger partial charge in [-0.15, -0.1) is 0 Å². The van der Waals surface area contributed by atoms with Crippen LogP contribution in [0.2, 0.25) is 0 Å². The lowest BCUT2D eigenvalue weighted by Gasteiger charge is -2.09. The van der Waals surface area contributed by atoms with Crippen molar-refractivity contribution in [3.63, 3.8) is 0 Å². The summed E-state index contributed by atoms with van der Waals surface area (Å²) in [5, 5.41) is 17.2. The van der Waals surface area contributed by atoms with Crippen molar-refractivity contribution in [2.45, 2.75) is 58.4 Å². The Morgan fingerprint density at radius 3 is 1.92 bits per heavy atom. The first-order chi connectivity index (χ1) is 11.7. The molecule has 0 fully saturated rings. The van der Waals surface area contributed by atoms with Gasteiger partial charge in [0.15, 0.2) is 0 Å². The van der Waals surface area contributed by atoms with E-state index in [1.165, 1.54) is 5.56 Å². The Morgan fingerprint density at radius 1 is 1.00 bits per heavy atom. The first-order valence-electron chi connectivity index (χ1n) is 8.69. The molecule has 0 amide bonds. The summed E-state index contributed by atoms with van der Waals surface area (Å²) in [6.07, 6.45) is 3.21. The highest BCUT2D eigenvalue weighted by Crippen LogP contribution is 2.17. The molecule has 1 aromatic rings. The minimum absolute atomic E-state index is 0. The van der Waals surface area contributed by atoms with Crippen molar-refractivity contribution >= 4 is 11.9 Å². The Labute approximate surface area is 155 Å². The van der Waals surface area contributed by atoms with Crippen LogP contribution in [0.25, 0.3) is 0 Å². The highest BCUT2D eigenvalue weighted by atomic mass is 16.4. The molecular weight excluding hydrogens is 336 g/mol. The van der Waals surface area contributed by atoms with Crippen LogP contribution in [0.4, 0.5) is 0 Å². The molecule has 8 N–H and O–H groups in total. The van der Waals surface area contributed by atoms with E-state index in [0.29, 0.717) is 18.9 Å². The van der Waals surface area contributed by atoms with Crippen molar-refractivity contribution in [2.75, 3.05) is 6.54 Å². The molecule has 1 aromatic carbocycles. The van der Waals surface area contributed by atoms with Gasteiger partial charge in [-0.3, -0.25) is 9.59 Å². The fraction of sp³-hybridized carbons (Fsp3) is 0.579. The molecule has 1 rings (SSSR count). The lowest BCUT2D eigenvalue weighted by Crippen LogP contribution is -2.29. The quantitative estimate of drug-likeness (QED) is 0.485. The summed E-state index contributed by atoms with van der Waals surface area (Å²) in [4.78, 5) is 20.9. The molecule has 0 radical (unpaired) electrons. The molecule has 0 saturated heterocycles. The van der Waals surface area contributed by atoms with E-state index in [-0.39, 0.29) is 5.48 Å². The van der Waals surface area contributed by atoms with Crippen molar-refractivity contribution in [2.24, 2.45) is 17.4 Å². The molecule has 0 aliphatic carbocycles. The lowest BCUT2D eigenvalue weighted by atomic mass is 9.97. The molecule has 26 heavy (non-hydrogen) atoms. The maximum Gasteiger partial charge on any atom is 0.320 e. The van der Waals surface area contributed by atoms with E-state index in [1.54, 1.807) is 6.92 Å². The van der Waals surface area contributed by atoms with Crippen molar-refractivity contribution < 1.29 is 25.3 Å². The molecule has 7 nitrogen and oxygen atoms in total. The Kier molecular flexibility index (Phi) is 14.4. The molecule has 150 valence electrons. The van der Waals surface area contributed by atoms with Crippen LogP contribution in [0.3, 0.4) is 0 Å². The van der Waals surface area contributed by atoms with Crippen LogP contribution in [-0.2, 0) is 16.0 Å². The number of carboxylic acids is 2. The van der Waals surface area contributed by atoms with Crippen LogP contribution in [-0.4, -0.2) is 40.2 Å². The van der Waals surface area contributed by atoms with Crippen molar-refractivity contribution in [3.8, 4) is 0 Å². The van der Waals surface area contributed by atoms with Crippen LogP contribution >= 0.6 is 0 Å². The molecule has 0 bridgehead atoms. The van der Waals surface area contributed by atoms with Gasteiger partial charge >= 0.3 is 11.9 Å². The number of hydrogen-bond acceptors (Lipinski definition) is 4. The van der Waals surface area contributed by atoms with Crippen LogP contribution < -0.4 is 11.5 Å². The average molecular weight is 370 g/mol. The molecule has 0 spiro atoms. The maximum atomic E-state index is 10.8. The van der Waals surface area contributed by atoms with Gasteiger partial charge in [-0.25, -0.2) is 0 Å². The van der Waals surface area contributed by atoms with Crippen molar-refractivity contribution in [3.05, 3.63) is 35.4 Å². The number of rotatable bonds is 9. The molecule has 0 heterocycles. The highest BCUT2D eigenvalue weighted by molar-refractivity contribution is 5.75. The third-order valence-electron chi connectivity index (χ3n) is 3.78. The van der Waals surface area contributed by atoms with Crippen LogP contribution in [0, 0.1) is 5.92 Å². The van der Waals surface area contributed by atoms with Gasteiger partial charge in [0, 0.05) is 0 Å². The van der Waals surface area contributed by atoms with Gasteiger partial charge in [0.1, 0.15) is 6.04 Å². The molecule has 0 aliphatic rings. The SMILES string of the molecule is CC(C)Cc1ccc([C@H](C)C(=O)O)cc1.NCCCC[C@H](N)C(=O)O.O. The Bertz CT molecular complexity index is 517. The van der Waals surface area contributed by atoms with Crippen LogP contribution in [0.15, 0.2) is 24.3 Å². The highest BCUT2D eigenvalue weighted by Gasteiger charge is 2.13. The topological polar surface area (TPSA) is 158 Å². The number of benzene rings is 1. The molecule has 0 aliphatic heterocycles. The molecular formula is C19H34N2O5. The van der Waals surface area contributed by atoms with E-state index in [1.807, 2.05) is 24.3 Å². The minimum Gasteiger partial charge on any atom is -0.481 e. The molecule has 0 aromatic heterocycles. The Hall–Kier alpha value is -1.96. The number of hydrogen-bond donors (Lipinski definition) is 4. The van der Waals surface area contributed by atoms with Gasteiger partial charge in [-0.2, -0.15) is 0 Å². The molecule has 0 saturated carbocycles. The van der Waals surface area contributed by atoms with Gasteiger partial charge in [0.2, 0.25) is 0 Å².